The van der Waals surface area contributed by atoms with E-state index in [0.29, 0.717) is 17.5 Å². The zero-order chi connectivity index (χ0) is 24.1. The van der Waals surface area contributed by atoms with Crippen LogP contribution < -0.4 is 4.74 Å². The molecule has 4 aromatic rings. The molecule has 0 bridgehead atoms. The highest BCUT2D eigenvalue weighted by molar-refractivity contribution is 9.10. The Morgan fingerprint density at radius 3 is 2.32 bits per heavy atom. The minimum absolute atomic E-state index is 0.233. The highest BCUT2D eigenvalue weighted by atomic mass is 79.9. The molecule has 0 spiro atoms. The zero-order valence-electron chi connectivity index (χ0n) is 18.7. The second-order valence-electron chi connectivity index (χ2n) is 7.81. The minimum Gasteiger partial charge on any atom is -0.489 e. The minimum atomic E-state index is -0.427. The summed E-state index contributed by atoms with van der Waals surface area (Å²) in [6, 6.07) is 23.4. The number of ether oxygens (including phenoxy) is 1. The molecule has 0 N–H and O–H groups in total. The fraction of sp³-hybridized carbons (Fsp3) is 0.200. The summed E-state index contributed by atoms with van der Waals surface area (Å²) in [5, 5.41) is 20.1. The smallest absolute Gasteiger partial charge is 0.220 e. The molecule has 0 saturated heterocycles. The molecule has 0 saturated carbocycles. The number of hydrogen-bond acceptors (Lipinski definition) is 6. The molecule has 7 nitrogen and oxygen atoms in total. The molecule has 0 aliphatic carbocycles. The summed E-state index contributed by atoms with van der Waals surface area (Å²) in [7, 11) is 0. The van der Waals surface area contributed by atoms with E-state index in [-0.39, 0.29) is 11.5 Å². The molecule has 0 amide bonds. The van der Waals surface area contributed by atoms with Crippen LogP contribution in [-0.2, 0) is 6.61 Å². The third-order valence-electron chi connectivity index (χ3n) is 5.22. The van der Waals surface area contributed by atoms with Gasteiger partial charge < -0.3 is 4.74 Å². The highest BCUT2D eigenvalue weighted by Crippen LogP contribution is 2.36. The first kappa shape index (κ1) is 24.0. The Kier molecular flexibility index (Phi) is 7.64. The van der Waals surface area contributed by atoms with Crippen molar-refractivity contribution in [3.8, 4) is 11.4 Å². The maximum Gasteiger partial charge on any atom is 0.220 e. The van der Waals surface area contributed by atoms with E-state index in [1.54, 1.807) is 0 Å². The van der Waals surface area contributed by atoms with Crippen molar-refractivity contribution < 1.29 is 9.66 Å². The van der Waals surface area contributed by atoms with Gasteiger partial charge in [-0.15, -0.1) is 10.2 Å². The van der Waals surface area contributed by atoms with Crippen molar-refractivity contribution in [2.24, 2.45) is 0 Å². The van der Waals surface area contributed by atoms with E-state index in [1.807, 2.05) is 91.2 Å². The number of hydrogen-bond donors (Lipinski definition) is 0. The van der Waals surface area contributed by atoms with Crippen LogP contribution in [0.1, 0.15) is 27.8 Å². The molecule has 9 heteroatoms. The normalized spacial score (nSPS) is 11.9. The zero-order valence-corrected chi connectivity index (χ0v) is 21.1. The predicted molar refractivity (Wildman–Crippen MR) is 136 cm³/mol. The van der Waals surface area contributed by atoms with Crippen molar-refractivity contribution in [1.29, 1.82) is 0 Å². The number of aromatic nitrogens is 3. The van der Waals surface area contributed by atoms with Crippen molar-refractivity contribution in [3.63, 3.8) is 0 Å². The Morgan fingerprint density at radius 1 is 1.00 bits per heavy atom. The van der Waals surface area contributed by atoms with Gasteiger partial charge in [-0.25, -0.2) is 0 Å². The lowest BCUT2D eigenvalue weighted by atomic mass is 10.1. The molecule has 1 aromatic heterocycles. The molecular weight excluding hydrogens is 516 g/mol. The van der Waals surface area contributed by atoms with Crippen molar-refractivity contribution in [2.75, 3.05) is 6.54 Å². The van der Waals surface area contributed by atoms with E-state index in [0.717, 1.165) is 32.7 Å². The third kappa shape index (κ3) is 6.03. The first-order chi connectivity index (χ1) is 16.4. The summed E-state index contributed by atoms with van der Waals surface area (Å²) in [6.07, 6.45) is 0. The van der Waals surface area contributed by atoms with Gasteiger partial charge in [0.25, 0.3) is 0 Å². The lowest BCUT2D eigenvalue weighted by molar-refractivity contribution is -0.479. The molecule has 0 radical (unpaired) electrons. The number of aryl methyl sites for hydroxylation is 2. The summed E-state index contributed by atoms with van der Waals surface area (Å²) in [4.78, 5) is 11.1. The van der Waals surface area contributed by atoms with E-state index in [4.69, 9.17) is 4.74 Å². The van der Waals surface area contributed by atoms with E-state index >= 15 is 0 Å². The number of thioether (sulfide) groups is 1. The summed E-state index contributed by atoms with van der Waals surface area (Å²) in [6.45, 7) is 4.11. The summed E-state index contributed by atoms with van der Waals surface area (Å²) in [5.41, 5.74) is 3.96. The van der Waals surface area contributed by atoms with Crippen LogP contribution in [0.3, 0.4) is 0 Å². The van der Waals surface area contributed by atoms with Crippen molar-refractivity contribution >= 4 is 27.7 Å². The quantitative estimate of drug-likeness (QED) is 0.140. The van der Waals surface area contributed by atoms with Gasteiger partial charge in [0, 0.05) is 15.1 Å². The molecule has 174 valence electrons. The molecule has 1 heterocycles. The monoisotopic (exact) mass is 538 g/mol. The van der Waals surface area contributed by atoms with Gasteiger partial charge in [0.1, 0.15) is 23.4 Å². The topological polar surface area (TPSA) is 83.1 Å². The van der Waals surface area contributed by atoms with Gasteiger partial charge in [0.2, 0.25) is 6.54 Å². The second kappa shape index (κ2) is 10.8. The lowest BCUT2D eigenvalue weighted by Crippen LogP contribution is -2.11. The van der Waals surface area contributed by atoms with Crippen LogP contribution in [0.25, 0.3) is 5.69 Å². The molecule has 34 heavy (non-hydrogen) atoms. The van der Waals surface area contributed by atoms with Crippen LogP contribution in [0.2, 0.25) is 0 Å². The van der Waals surface area contributed by atoms with Gasteiger partial charge in [-0.2, -0.15) is 0 Å². The van der Waals surface area contributed by atoms with Crippen LogP contribution in [0.15, 0.2) is 82.4 Å². The van der Waals surface area contributed by atoms with Gasteiger partial charge in [-0.1, -0.05) is 69.7 Å². The molecule has 4 rings (SSSR count). The number of nitrogens with zero attached hydrogens (tertiary/aromatic N) is 4. The average Bonchev–Trinajstić information content (AvgIpc) is 3.19. The Bertz CT molecular complexity index is 1260. The van der Waals surface area contributed by atoms with Crippen molar-refractivity contribution in [1.82, 2.24) is 14.8 Å². The molecular formula is C25H23BrN4O3S. The summed E-state index contributed by atoms with van der Waals surface area (Å²) in [5.74, 6) is 1.43. The number of benzene rings is 3. The van der Waals surface area contributed by atoms with Gasteiger partial charge in [0.05, 0.1) is 0 Å². The Morgan fingerprint density at radius 2 is 1.68 bits per heavy atom. The Labute approximate surface area is 210 Å². The summed E-state index contributed by atoms with van der Waals surface area (Å²) < 4.78 is 8.81. The number of halogens is 1. The first-order valence-electron chi connectivity index (χ1n) is 10.6. The predicted octanol–water partition coefficient (Wildman–Crippen LogP) is 6.34. The van der Waals surface area contributed by atoms with Crippen molar-refractivity contribution in [2.45, 2.75) is 30.9 Å². The molecule has 0 fully saturated rings. The van der Waals surface area contributed by atoms with Crippen LogP contribution in [0, 0.1) is 24.0 Å². The van der Waals surface area contributed by atoms with Gasteiger partial charge >= 0.3 is 0 Å². The fourth-order valence-electron chi connectivity index (χ4n) is 3.41. The van der Waals surface area contributed by atoms with Crippen molar-refractivity contribution in [3.05, 3.63) is 110 Å². The molecule has 3 aromatic carbocycles. The largest absolute Gasteiger partial charge is 0.489 e. The standard InChI is InChI=1S/C25H23BrN4O3S/c1-17-3-11-22(12-4-17)30-18(2)27-28-25(30)34-24(15-29(31)32)20-7-13-23(14-8-20)33-16-19-5-9-21(26)10-6-19/h3-14,24H,15-16H2,1-2H3/t24-/m0/s1. The van der Waals surface area contributed by atoms with Gasteiger partial charge in [-0.3, -0.25) is 14.7 Å². The second-order valence-corrected chi connectivity index (χ2v) is 9.89. The lowest BCUT2D eigenvalue weighted by Gasteiger charge is -2.15. The third-order valence-corrected chi connectivity index (χ3v) is 6.93. The van der Waals surface area contributed by atoms with Crippen LogP contribution in [-0.4, -0.2) is 26.2 Å². The van der Waals surface area contributed by atoms with Crippen LogP contribution in [0.4, 0.5) is 0 Å². The van der Waals surface area contributed by atoms with E-state index in [1.165, 1.54) is 11.8 Å². The molecule has 0 unspecified atom stereocenters. The average molecular weight is 539 g/mol. The molecule has 0 aliphatic heterocycles. The molecule has 0 aliphatic rings. The van der Waals surface area contributed by atoms with E-state index in [9.17, 15) is 10.1 Å². The SMILES string of the molecule is Cc1ccc(-n2c(C)nnc2S[C@@H](C[N+](=O)[O-])c2ccc(OCc3ccc(Br)cc3)cc2)cc1. The van der Waals surface area contributed by atoms with E-state index < -0.39 is 5.25 Å². The maximum absolute atomic E-state index is 11.4. The van der Waals surface area contributed by atoms with Crippen LogP contribution >= 0.6 is 27.7 Å². The maximum atomic E-state index is 11.4. The Hall–Kier alpha value is -3.17. The molecule has 1 atom stereocenters. The van der Waals surface area contributed by atoms with Gasteiger partial charge in [0.15, 0.2) is 5.16 Å². The van der Waals surface area contributed by atoms with Gasteiger partial charge in [-0.05, 0) is 61.4 Å². The number of rotatable bonds is 9. The first-order valence-corrected chi connectivity index (χ1v) is 12.3. The highest BCUT2D eigenvalue weighted by Gasteiger charge is 2.24. The van der Waals surface area contributed by atoms with E-state index in [2.05, 4.69) is 26.1 Å². The Balaban J connectivity index is 1.52. The summed E-state index contributed by atoms with van der Waals surface area (Å²) >= 11 is 4.76. The van der Waals surface area contributed by atoms with Crippen LogP contribution in [0.5, 0.6) is 5.75 Å². The number of nitro groups is 1. The fourth-order valence-corrected chi connectivity index (χ4v) is 4.85.